The predicted octanol–water partition coefficient (Wildman–Crippen LogP) is 3.78. The number of carbonyl (C=O) groups excluding carboxylic acids is 2. The SMILES string of the molecule is Cc1ccc(C)c(C(O)=C2C(=O)C(=O)N(c3nccs3)[C@H]2c2ccncc2)c1. The van der Waals surface area contributed by atoms with Gasteiger partial charge in [-0.05, 0) is 43.2 Å². The number of carbonyl (C=O) groups is 2. The molecule has 7 heteroatoms. The summed E-state index contributed by atoms with van der Waals surface area (Å²) in [5.74, 6) is -1.61. The van der Waals surface area contributed by atoms with Gasteiger partial charge in [-0.15, -0.1) is 11.3 Å². The smallest absolute Gasteiger partial charge is 0.301 e. The number of ketones is 1. The van der Waals surface area contributed by atoms with Gasteiger partial charge in [0.1, 0.15) is 5.76 Å². The fourth-order valence-electron chi connectivity index (χ4n) is 3.36. The molecule has 0 spiro atoms. The third kappa shape index (κ3) is 2.90. The van der Waals surface area contributed by atoms with Crippen molar-refractivity contribution in [1.82, 2.24) is 9.97 Å². The minimum atomic E-state index is -0.769. The molecule has 6 nitrogen and oxygen atoms in total. The normalized spacial score (nSPS) is 18.6. The molecule has 0 bridgehead atoms. The fourth-order valence-corrected chi connectivity index (χ4v) is 4.03. The number of hydrogen-bond donors (Lipinski definition) is 1. The van der Waals surface area contributed by atoms with Crippen molar-refractivity contribution in [2.24, 2.45) is 0 Å². The fraction of sp³-hybridized carbons (Fsp3) is 0.143. The Bertz CT molecular complexity index is 1090. The molecular formula is C21H17N3O3S. The van der Waals surface area contributed by atoms with E-state index in [1.807, 2.05) is 32.0 Å². The first kappa shape index (κ1) is 18.1. The highest BCUT2D eigenvalue weighted by Gasteiger charge is 2.48. The minimum Gasteiger partial charge on any atom is -0.507 e. The van der Waals surface area contributed by atoms with Crippen molar-refractivity contribution in [2.45, 2.75) is 19.9 Å². The van der Waals surface area contributed by atoms with E-state index in [1.165, 1.54) is 16.2 Å². The van der Waals surface area contributed by atoms with Crippen molar-refractivity contribution in [1.29, 1.82) is 0 Å². The Morgan fingerprint density at radius 3 is 2.54 bits per heavy atom. The molecule has 4 rings (SSSR count). The first-order valence-corrected chi connectivity index (χ1v) is 9.55. The summed E-state index contributed by atoms with van der Waals surface area (Å²) in [7, 11) is 0. The largest absolute Gasteiger partial charge is 0.507 e. The van der Waals surface area contributed by atoms with Gasteiger partial charge in [-0.1, -0.05) is 17.7 Å². The molecule has 0 radical (unpaired) electrons. The lowest BCUT2D eigenvalue weighted by Crippen LogP contribution is -2.29. The van der Waals surface area contributed by atoms with Crippen molar-refractivity contribution in [2.75, 3.05) is 4.90 Å². The Hall–Kier alpha value is -3.32. The highest BCUT2D eigenvalue weighted by molar-refractivity contribution is 7.14. The Kier molecular flexibility index (Phi) is 4.52. The Balaban J connectivity index is 1.97. The maximum Gasteiger partial charge on any atom is 0.301 e. The topological polar surface area (TPSA) is 83.4 Å². The van der Waals surface area contributed by atoms with Crippen molar-refractivity contribution >= 4 is 33.9 Å². The van der Waals surface area contributed by atoms with Gasteiger partial charge in [-0.2, -0.15) is 0 Å². The third-order valence-electron chi connectivity index (χ3n) is 4.74. The molecule has 1 aromatic carbocycles. The third-order valence-corrected chi connectivity index (χ3v) is 5.51. The molecule has 1 saturated heterocycles. The van der Waals surface area contributed by atoms with Crippen LogP contribution in [-0.4, -0.2) is 26.8 Å². The van der Waals surface area contributed by atoms with Crippen molar-refractivity contribution in [3.63, 3.8) is 0 Å². The van der Waals surface area contributed by atoms with Crippen LogP contribution in [0.15, 0.2) is 59.9 Å². The number of aryl methyl sites for hydroxylation is 2. The Morgan fingerprint density at radius 2 is 1.86 bits per heavy atom. The molecule has 1 N–H and O–H groups in total. The quantitative estimate of drug-likeness (QED) is 0.417. The minimum absolute atomic E-state index is 0.0556. The van der Waals surface area contributed by atoms with Gasteiger partial charge in [0, 0.05) is 29.5 Å². The van der Waals surface area contributed by atoms with Crippen LogP contribution in [0.5, 0.6) is 0 Å². The molecule has 0 unspecified atom stereocenters. The summed E-state index contributed by atoms with van der Waals surface area (Å²) in [6.07, 6.45) is 4.76. The zero-order chi connectivity index (χ0) is 19.8. The van der Waals surface area contributed by atoms with Gasteiger partial charge in [0.25, 0.3) is 5.78 Å². The van der Waals surface area contributed by atoms with E-state index in [2.05, 4.69) is 9.97 Å². The van der Waals surface area contributed by atoms with Gasteiger partial charge >= 0.3 is 5.91 Å². The van der Waals surface area contributed by atoms with Crippen LogP contribution in [0.3, 0.4) is 0 Å². The van der Waals surface area contributed by atoms with Crippen molar-refractivity contribution in [3.8, 4) is 0 Å². The number of aromatic nitrogens is 2. The highest BCUT2D eigenvalue weighted by atomic mass is 32.1. The average molecular weight is 391 g/mol. The number of pyridine rings is 1. The van der Waals surface area contributed by atoms with E-state index in [-0.39, 0.29) is 11.3 Å². The van der Waals surface area contributed by atoms with Crippen LogP contribution in [-0.2, 0) is 9.59 Å². The molecule has 140 valence electrons. The van der Waals surface area contributed by atoms with Gasteiger partial charge in [0.05, 0.1) is 11.6 Å². The summed E-state index contributed by atoms with van der Waals surface area (Å²) in [6.45, 7) is 3.76. The molecule has 1 atom stereocenters. The number of benzene rings is 1. The number of nitrogens with zero attached hydrogens (tertiary/aromatic N) is 3. The van der Waals surface area contributed by atoms with Crippen molar-refractivity contribution in [3.05, 3.63) is 82.1 Å². The summed E-state index contributed by atoms with van der Waals surface area (Å²) in [6, 6.07) is 8.31. The number of aliphatic hydroxyl groups excluding tert-OH is 1. The summed E-state index contributed by atoms with van der Waals surface area (Å²) >= 11 is 1.26. The molecule has 3 heterocycles. The number of amides is 1. The van der Waals surface area contributed by atoms with E-state index in [0.29, 0.717) is 16.3 Å². The lowest BCUT2D eigenvalue weighted by molar-refractivity contribution is -0.132. The molecule has 3 aromatic rings. The van der Waals surface area contributed by atoms with Gasteiger partial charge < -0.3 is 5.11 Å². The average Bonchev–Trinajstić information content (AvgIpc) is 3.31. The molecule has 1 aliphatic heterocycles. The van der Waals surface area contributed by atoms with E-state index in [9.17, 15) is 14.7 Å². The lowest BCUT2D eigenvalue weighted by atomic mass is 9.94. The second kappa shape index (κ2) is 7.01. The van der Waals surface area contributed by atoms with E-state index in [1.54, 1.807) is 36.1 Å². The second-order valence-electron chi connectivity index (χ2n) is 6.58. The molecule has 1 fully saturated rings. The summed E-state index contributed by atoms with van der Waals surface area (Å²) in [4.78, 5) is 35.4. The Labute approximate surface area is 165 Å². The van der Waals surface area contributed by atoms with Crippen LogP contribution >= 0.6 is 11.3 Å². The Morgan fingerprint density at radius 1 is 1.11 bits per heavy atom. The van der Waals surface area contributed by atoms with Crippen LogP contribution in [0.2, 0.25) is 0 Å². The molecule has 0 aliphatic carbocycles. The molecule has 28 heavy (non-hydrogen) atoms. The molecule has 1 aliphatic rings. The first-order chi connectivity index (χ1) is 13.5. The maximum absolute atomic E-state index is 13.0. The van der Waals surface area contributed by atoms with Gasteiger partial charge in [-0.3, -0.25) is 19.5 Å². The van der Waals surface area contributed by atoms with Crippen LogP contribution in [0.1, 0.15) is 28.3 Å². The molecule has 1 amide bonds. The van der Waals surface area contributed by atoms with Crippen LogP contribution in [0, 0.1) is 13.8 Å². The van der Waals surface area contributed by atoms with E-state index >= 15 is 0 Å². The number of anilines is 1. The van der Waals surface area contributed by atoms with Crippen LogP contribution in [0.25, 0.3) is 5.76 Å². The predicted molar refractivity (Wildman–Crippen MR) is 107 cm³/mol. The molecule has 2 aromatic heterocycles. The zero-order valence-corrected chi connectivity index (χ0v) is 16.1. The number of rotatable bonds is 3. The summed E-state index contributed by atoms with van der Waals surface area (Å²) < 4.78 is 0. The van der Waals surface area contributed by atoms with Crippen LogP contribution < -0.4 is 4.90 Å². The van der Waals surface area contributed by atoms with Crippen molar-refractivity contribution < 1.29 is 14.7 Å². The van der Waals surface area contributed by atoms with Gasteiger partial charge in [0.2, 0.25) is 0 Å². The first-order valence-electron chi connectivity index (χ1n) is 8.67. The van der Waals surface area contributed by atoms with E-state index in [0.717, 1.165) is 11.1 Å². The van der Waals surface area contributed by atoms with Gasteiger partial charge in [0.15, 0.2) is 5.13 Å². The van der Waals surface area contributed by atoms with E-state index in [4.69, 9.17) is 0 Å². The maximum atomic E-state index is 13.0. The number of Topliss-reactive ketones (excluding diaryl/α,β-unsaturated/α-hetero) is 1. The summed E-state index contributed by atoms with van der Waals surface area (Å²) in [5.41, 5.74) is 3.03. The second-order valence-corrected chi connectivity index (χ2v) is 7.46. The molecule has 0 saturated carbocycles. The number of hydrogen-bond acceptors (Lipinski definition) is 6. The highest BCUT2D eigenvalue weighted by Crippen LogP contribution is 2.42. The number of aliphatic hydroxyl groups is 1. The molecular weight excluding hydrogens is 374 g/mol. The van der Waals surface area contributed by atoms with E-state index < -0.39 is 17.7 Å². The standard InChI is InChI=1S/C21H17N3O3S/c1-12-3-4-13(2)15(11-12)18(25)16-17(14-5-7-22-8-6-14)24(20(27)19(16)26)21-23-9-10-28-21/h3-11,17,25H,1-2H3/t17-/m0/s1. The van der Waals surface area contributed by atoms with Gasteiger partial charge in [-0.25, -0.2) is 4.98 Å². The lowest BCUT2D eigenvalue weighted by Gasteiger charge is -2.23. The number of thiazole rings is 1. The zero-order valence-electron chi connectivity index (χ0n) is 15.3. The monoisotopic (exact) mass is 391 g/mol. The van der Waals surface area contributed by atoms with Crippen LogP contribution in [0.4, 0.5) is 5.13 Å². The summed E-state index contributed by atoms with van der Waals surface area (Å²) in [5, 5.41) is 13.3.